The van der Waals surface area contributed by atoms with Crippen molar-refractivity contribution >= 4 is 16.1 Å². The Hall–Kier alpha value is -0.0531. The number of phosphoric ester groups is 1. The predicted octanol–water partition coefficient (Wildman–Crippen LogP) is 9.36. The molecule has 3 N–H and O–H groups in total. The van der Waals surface area contributed by atoms with E-state index in [0.29, 0.717) is 17.4 Å². The predicted molar refractivity (Wildman–Crippen MR) is 188 cm³/mol. The standard InChI is InChI=1S/C34H73N2O5PSi/c1-11-13-15-16-17-18-19-20-21-22-23-24-25-27-33(41-43(9,10)34(3,4)5)32(35-28-26-14-12-2)29-31(30-36(6,7)8)40-42(37,38)39/h25,27,31-33,35H,11-24,26,28-30H2,1-10H3,(H-,37,38,39)/p+1/b27-25+/t31?,32-,33+/m0/s1. The summed E-state index contributed by atoms with van der Waals surface area (Å²) in [6.45, 7) is 17.1. The highest BCUT2D eigenvalue weighted by Gasteiger charge is 2.41. The Morgan fingerprint density at radius 3 is 1.79 bits per heavy atom. The second kappa shape index (κ2) is 22.5. The Morgan fingerprint density at radius 2 is 1.33 bits per heavy atom. The highest BCUT2D eigenvalue weighted by Crippen LogP contribution is 2.40. The highest BCUT2D eigenvalue weighted by molar-refractivity contribution is 7.46. The molecule has 0 spiro atoms. The van der Waals surface area contributed by atoms with Gasteiger partial charge in [0, 0.05) is 6.04 Å². The lowest BCUT2D eigenvalue weighted by atomic mass is 10.0. The fraction of sp³-hybridized carbons (Fsp3) is 0.941. The number of nitrogens with zero attached hydrogens (tertiary/aromatic N) is 1. The van der Waals surface area contributed by atoms with Crippen LogP contribution in [-0.4, -0.2) is 75.1 Å². The molecule has 0 aliphatic rings. The summed E-state index contributed by atoms with van der Waals surface area (Å²) in [6.07, 6.45) is 23.3. The van der Waals surface area contributed by atoms with Crippen molar-refractivity contribution in [3.05, 3.63) is 12.2 Å². The topological polar surface area (TPSA) is 88.0 Å². The van der Waals surface area contributed by atoms with Crippen LogP contribution in [0.5, 0.6) is 0 Å². The Kier molecular flexibility index (Phi) is 22.4. The number of rotatable bonds is 27. The summed E-state index contributed by atoms with van der Waals surface area (Å²) in [6, 6.07) is -0.109. The van der Waals surface area contributed by atoms with Gasteiger partial charge in [-0.25, -0.2) is 4.57 Å². The van der Waals surface area contributed by atoms with Crippen LogP contribution in [0.4, 0.5) is 0 Å². The van der Waals surface area contributed by atoms with Crippen molar-refractivity contribution < 1.29 is 27.8 Å². The van der Waals surface area contributed by atoms with E-state index in [1.54, 1.807) is 0 Å². The van der Waals surface area contributed by atoms with Crippen molar-refractivity contribution in [2.45, 2.75) is 174 Å². The molecule has 0 saturated carbocycles. The van der Waals surface area contributed by atoms with E-state index < -0.39 is 22.2 Å². The zero-order valence-electron chi connectivity index (χ0n) is 30.1. The lowest BCUT2D eigenvalue weighted by Crippen LogP contribution is -2.52. The second-order valence-electron chi connectivity index (χ2n) is 15.3. The van der Waals surface area contributed by atoms with E-state index in [0.717, 1.165) is 32.2 Å². The maximum absolute atomic E-state index is 12.0. The normalized spacial score (nSPS) is 15.7. The molecule has 1 unspecified atom stereocenters. The first-order valence-corrected chi connectivity index (χ1v) is 22.0. The summed E-state index contributed by atoms with van der Waals surface area (Å²) in [4.78, 5) is 19.5. The average Bonchev–Trinajstić information content (AvgIpc) is 2.85. The second-order valence-corrected chi connectivity index (χ2v) is 21.2. The fourth-order valence-electron chi connectivity index (χ4n) is 5.16. The molecule has 7 nitrogen and oxygen atoms in total. The van der Waals surface area contributed by atoms with E-state index in [2.05, 4.69) is 65.2 Å². The van der Waals surface area contributed by atoms with E-state index in [-0.39, 0.29) is 17.2 Å². The third-order valence-electron chi connectivity index (χ3n) is 8.68. The molecule has 0 rings (SSSR count). The quantitative estimate of drug-likeness (QED) is 0.0270. The van der Waals surface area contributed by atoms with Crippen LogP contribution < -0.4 is 5.32 Å². The zero-order chi connectivity index (χ0) is 33.0. The van der Waals surface area contributed by atoms with Crippen LogP contribution in [0.1, 0.15) is 137 Å². The molecule has 0 aromatic rings. The lowest BCUT2D eigenvalue weighted by Gasteiger charge is -2.41. The number of hydrogen-bond donors (Lipinski definition) is 3. The van der Waals surface area contributed by atoms with Gasteiger partial charge in [-0.3, -0.25) is 4.52 Å². The number of quaternary nitrogens is 1. The Morgan fingerprint density at radius 1 is 0.837 bits per heavy atom. The summed E-state index contributed by atoms with van der Waals surface area (Å²) in [7, 11) is -0.688. The molecule has 43 heavy (non-hydrogen) atoms. The molecule has 0 fully saturated rings. The van der Waals surface area contributed by atoms with Crippen LogP contribution in [0.25, 0.3) is 0 Å². The Labute approximate surface area is 268 Å². The highest BCUT2D eigenvalue weighted by atomic mass is 31.2. The van der Waals surface area contributed by atoms with Crippen molar-refractivity contribution in [2.75, 3.05) is 34.2 Å². The van der Waals surface area contributed by atoms with Gasteiger partial charge in [0.05, 0.1) is 27.2 Å². The van der Waals surface area contributed by atoms with E-state index in [1.165, 1.54) is 70.6 Å². The van der Waals surface area contributed by atoms with Gasteiger partial charge in [0.15, 0.2) is 8.32 Å². The van der Waals surface area contributed by atoms with Crippen LogP contribution >= 0.6 is 7.82 Å². The van der Waals surface area contributed by atoms with Crippen molar-refractivity contribution in [1.29, 1.82) is 0 Å². The largest absolute Gasteiger partial charge is 0.470 e. The van der Waals surface area contributed by atoms with Crippen molar-refractivity contribution in [1.82, 2.24) is 5.32 Å². The third kappa shape index (κ3) is 23.9. The van der Waals surface area contributed by atoms with Gasteiger partial charge in [-0.05, 0) is 50.4 Å². The first-order chi connectivity index (χ1) is 19.9. The molecule has 0 aliphatic carbocycles. The minimum atomic E-state index is -4.64. The monoisotopic (exact) mass is 650 g/mol. The Bertz CT molecular complexity index is 761. The summed E-state index contributed by atoms with van der Waals surface area (Å²) in [5.41, 5.74) is 0. The van der Waals surface area contributed by atoms with Gasteiger partial charge >= 0.3 is 7.82 Å². The number of phosphoric acid groups is 1. The average molecular weight is 650 g/mol. The number of hydrogen-bond acceptors (Lipinski definition) is 4. The van der Waals surface area contributed by atoms with Gasteiger partial charge in [0.25, 0.3) is 0 Å². The summed E-state index contributed by atoms with van der Waals surface area (Å²) in [5, 5.41) is 3.78. The maximum atomic E-state index is 12.0. The molecule has 3 atom stereocenters. The smallest absolute Gasteiger partial charge is 0.409 e. The van der Waals surface area contributed by atoms with Crippen molar-refractivity contribution in [2.24, 2.45) is 0 Å². The van der Waals surface area contributed by atoms with E-state index in [9.17, 15) is 14.4 Å². The molecule has 0 aromatic heterocycles. The molecule has 9 heteroatoms. The number of unbranched alkanes of at least 4 members (excludes halogenated alkanes) is 13. The van der Waals surface area contributed by atoms with Gasteiger partial charge in [0.2, 0.25) is 0 Å². The van der Waals surface area contributed by atoms with Crippen LogP contribution in [-0.2, 0) is 13.5 Å². The molecule has 0 heterocycles. The molecule has 0 saturated heterocycles. The summed E-state index contributed by atoms with van der Waals surface area (Å²) >= 11 is 0. The third-order valence-corrected chi connectivity index (χ3v) is 13.7. The summed E-state index contributed by atoms with van der Waals surface area (Å²) < 4.78 is 24.9. The van der Waals surface area contributed by atoms with Crippen LogP contribution in [0, 0.1) is 0 Å². The maximum Gasteiger partial charge on any atom is 0.470 e. The van der Waals surface area contributed by atoms with Crippen LogP contribution in [0.3, 0.4) is 0 Å². The Balaban J connectivity index is 5.53. The lowest BCUT2D eigenvalue weighted by molar-refractivity contribution is -0.873. The number of likely N-dealkylation sites (N-methyl/N-ethyl adjacent to an activating group) is 1. The molecular formula is C34H74N2O5PSi+. The molecular weight excluding hydrogens is 575 g/mol. The van der Waals surface area contributed by atoms with Crippen molar-refractivity contribution in [3.63, 3.8) is 0 Å². The van der Waals surface area contributed by atoms with Gasteiger partial charge in [-0.2, -0.15) is 0 Å². The summed E-state index contributed by atoms with van der Waals surface area (Å²) in [5.74, 6) is 0. The van der Waals surface area contributed by atoms with Gasteiger partial charge < -0.3 is 24.0 Å². The molecule has 0 aromatic carbocycles. The minimum Gasteiger partial charge on any atom is -0.409 e. The van der Waals surface area contributed by atoms with E-state index >= 15 is 0 Å². The van der Waals surface area contributed by atoms with Crippen LogP contribution in [0.2, 0.25) is 18.1 Å². The molecule has 0 radical (unpaired) electrons. The minimum absolute atomic E-state index is 0.0476. The first-order valence-electron chi connectivity index (χ1n) is 17.5. The van der Waals surface area contributed by atoms with Gasteiger partial charge in [-0.1, -0.05) is 124 Å². The molecule has 0 bridgehead atoms. The van der Waals surface area contributed by atoms with E-state index in [1.807, 2.05) is 21.1 Å². The number of allylic oxidation sites excluding steroid dienone is 1. The van der Waals surface area contributed by atoms with Gasteiger partial charge in [0.1, 0.15) is 12.6 Å². The zero-order valence-corrected chi connectivity index (χ0v) is 32.0. The van der Waals surface area contributed by atoms with Gasteiger partial charge in [-0.15, -0.1) is 0 Å². The van der Waals surface area contributed by atoms with E-state index in [4.69, 9.17) is 8.95 Å². The van der Waals surface area contributed by atoms with Crippen molar-refractivity contribution in [3.8, 4) is 0 Å². The SMILES string of the molecule is CCCCCCCCCCCCC/C=C/[C@@H](O[Si](C)(C)C(C)(C)C)[C@H](CC(C[N+](C)(C)C)OP(=O)(O)O)NCCCCC. The fourth-order valence-corrected chi connectivity index (χ4v) is 6.98. The molecule has 0 aliphatic heterocycles. The first kappa shape index (κ1) is 42.9. The molecule has 258 valence electrons. The number of nitrogens with one attached hydrogen (secondary N) is 1. The molecule has 0 amide bonds. The van der Waals surface area contributed by atoms with Crippen LogP contribution in [0.15, 0.2) is 12.2 Å².